The number of Topliss-reactive ketones (excluding diaryl/α,β-unsaturated/α-hetero) is 1. The van der Waals surface area contributed by atoms with E-state index in [0.717, 1.165) is 32.1 Å². The van der Waals surface area contributed by atoms with Crippen molar-refractivity contribution < 1.29 is 24.7 Å². The van der Waals surface area contributed by atoms with E-state index in [-0.39, 0.29) is 17.1 Å². The largest absolute Gasteiger partial charge is 0.397 e. The van der Waals surface area contributed by atoms with Gasteiger partial charge in [-0.1, -0.05) is 13.8 Å². The van der Waals surface area contributed by atoms with Crippen LogP contribution < -0.4 is 0 Å². The highest BCUT2D eigenvalue weighted by Crippen LogP contribution is 2.65. The van der Waals surface area contributed by atoms with Crippen LogP contribution >= 0.6 is 0 Å². The van der Waals surface area contributed by atoms with Gasteiger partial charge in [-0.05, 0) is 80.5 Å². The lowest BCUT2D eigenvalue weighted by Gasteiger charge is -2.60. The van der Waals surface area contributed by atoms with E-state index in [4.69, 9.17) is 11.5 Å². The van der Waals surface area contributed by atoms with Gasteiger partial charge in [-0.15, -0.1) is 0 Å². The van der Waals surface area contributed by atoms with Crippen molar-refractivity contribution in [1.29, 1.82) is 0 Å². The Hall–Kier alpha value is -0.460. The highest BCUT2D eigenvalue weighted by atomic mass is 32.3. The molecule has 0 heterocycles. The first-order valence-corrected chi connectivity index (χ1v) is 10.9. The molecule has 0 aliphatic heterocycles. The summed E-state index contributed by atoms with van der Waals surface area (Å²) in [6.07, 6.45) is 3.90. The normalized spacial score (nSPS) is 53.2. The summed E-state index contributed by atoms with van der Waals surface area (Å²) in [6, 6.07) is 0. The van der Waals surface area contributed by atoms with Crippen LogP contribution in [0, 0.1) is 34.5 Å². The minimum atomic E-state index is -4.42. The van der Waals surface area contributed by atoms with Crippen LogP contribution in [0.1, 0.15) is 74.3 Å². The Kier molecular flexibility index (Phi) is 3.59. The first-order valence-electron chi connectivity index (χ1n) is 10.6. The molecule has 1 N–H and O–H groups in total. The third kappa shape index (κ3) is 2.79. The number of carbonyl (C=O) groups is 1. The molecule has 4 aliphatic rings. The molecule has 0 aromatic rings. The molecule has 0 unspecified atom stereocenters. The molecule has 25 heavy (non-hydrogen) atoms. The van der Waals surface area contributed by atoms with Crippen LogP contribution in [-0.2, 0) is 19.4 Å². The summed E-state index contributed by atoms with van der Waals surface area (Å²) >= 11 is 0. The van der Waals surface area contributed by atoms with Crippen molar-refractivity contribution in [2.45, 2.75) is 77.7 Å². The Bertz CT molecular complexity index is 753. The minimum absolute atomic E-state index is 0.0711. The number of hydrogen-bond donors (Lipinski definition) is 1. The third-order valence-electron chi connectivity index (χ3n) is 8.27. The molecule has 6 heteroatoms. The quantitative estimate of drug-likeness (QED) is 0.746. The highest BCUT2D eigenvalue weighted by molar-refractivity contribution is 7.80. The summed E-state index contributed by atoms with van der Waals surface area (Å²) in [5.74, 6) is 1.07. The Morgan fingerprint density at radius 2 is 1.88 bits per heavy atom. The second kappa shape index (κ2) is 5.77. The van der Waals surface area contributed by atoms with Gasteiger partial charge in [0.1, 0.15) is 5.78 Å². The van der Waals surface area contributed by atoms with Gasteiger partial charge < -0.3 is 0 Å². The number of ketones is 1. The van der Waals surface area contributed by atoms with Crippen LogP contribution in [-0.4, -0.2) is 24.9 Å². The van der Waals surface area contributed by atoms with Gasteiger partial charge in [-0.2, -0.15) is 8.42 Å². The van der Waals surface area contributed by atoms with Gasteiger partial charge in [0.2, 0.25) is 0 Å². The maximum absolute atomic E-state index is 12.7. The molecule has 142 valence electrons. The summed E-state index contributed by atoms with van der Waals surface area (Å²) in [6.45, 7) is 4.28. The lowest BCUT2D eigenvalue weighted by atomic mass is 9.45. The third-order valence-corrected chi connectivity index (χ3v) is 8.78. The van der Waals surface area contributed by atoms with Gasteiger partial charge in [-0.25, -0.2) is 4.18 Å². The maximum Gasteiger partial charge on any atom is 0.397 e. The predicted octanol–water partition coefficient (Wildman–Crippen LogP) is 3.79. The summed E-state index contributed by atoms with van der Waals surface area (Å²) < 4.78 is 52.4. The molecule has 4 saturated carbocycles. The van der Waals surface area contributed by atoms with Crippen molar-refractivity contribution in [3.8, 4) is 0 Å². The maximum atomic E-state index is 12.7. The summed E-state index contributed by atoms with van der Waals surface area (Å²) in [5, 5.41) is 0. The average Bonchev–Trinajstić information content (AvgIpc) is 2.73. The van der Waals surface area contributed by atoms with Crippen molar-refractivity contribution in [3.05, 3.63) is 0 Å². The monoisotopic (exact) mass is 372 g/mol. The first kappa shape index (κ1) is 15.6. The van der Waals surface area contributed by atoms with Crippen LogP contribution in [0.5, 0.6) is 0 Å². The molecule has 0 aromatic heterocycles. The fourth-order valence-electron chi connectivity index (χ4n) is 6.86. The van der Waals surface area contributed by atoms with E-state index >= 15 is 0 Å². The fourth-order valence-corrected chi connectivity index (χ4v) is 7.38. The van der Waals surface area contributed by atoms with Gasteiger partial charge in [0.15, 0.2) is 0 Å². The molecular weight excluding hydrogens is 340 g/mol. The molecule has 4 rings (SSSR count). The molecule has 5 nitrogen and oxygen atoms in total. The standard InChI is InChI=1S/C19H30O5S/c1-18-9-7-13(24-25(21,22)23)11-12(18)3-4-14-15-5-6-17(20)19(15,2)10-8-16(14)18/h12-16H,3-11H2,1-2H3,(H,21,22,23)/t12-,13-,14-,15-,16-,18-,19-/m0/s1/i6D2. The topological polar surface area (TPSA) is 80.7 Å². The second-order valence-corrected chi connectivity index (χ2v) is 10.3. The van der Waals surface area contributed by atoms with E-state index in [1.807, 2.05) is 6.92 Å². The lowest BCUT2D eigenvalue weighted by molar-refractivity contribution is -0.141. The molecule has 0 bridgehead atoms. The van der Waals surface area contributed by atoms with Crippen molar-refractivity contribution in [2.75, 3.05) is 0 Å². The Morgan fingerprint density at radius 3 is 2.60 bits per heavy atom. The zero-order valence-corrected chi connectivity index (χ0v) is 15.8. The van der Waals surface area contributed by atoms with Gasteiger partial charge in [0.25, 0.3) is 0 Å². The van der Waals surface area contributed by atoms with E-state index in [1.165, 1.54) is 0 Å². The van der Waals surface area contributed by atoms with E-state index in [1.54, 1.807) is 0 Å². The molecule has 0 saturated heterocycles. The minimum Gasteiger partial charge on any atom is -0.299 e. The number of rotatable bonds is 2. The molecule has 0 aromatic carbocycles. The Balaban J connectivity index is 1.56. The number of fused-ring (bicyclic) bond motifs is 5. The number of hydrogen-bond acceptors (Lipinski definition) is 4. The van der Waals surface area contributed by atoms with Crippen molar-refractivity contribution >= 4 is 16.2 Å². The Labute approximate surface area is 153 Å². The zero-order valence-electron chi connectivity index (χ0n) is 17.0. The van der Waals surface area contributed by atoms with Gasteiger partial charge in [0.05, 0.1) is 6.10 Å². The Morgan fingerprint density at radius 1 is 1.12 bits per heavy atom. The molecule has 7 atom stereocenters. The number of carbonyl (C=O) groups excluding carboxylic acids is 1. The van der Waals surface area contributed by atoms with Crippen molar-refractivity contribution in [2.24, 2.45) is 34.5 Å². The van der Waals surface area contributed by atoms with Gasteiger partial charge in [-0.3, -0.25) is 9.35 Å². The van der Waals surface area contributed by atoms with E-state index in [9.17, 15) is 13.2 Å². The summed E-state index contributed by atoms with van der Waals surface area (Å²) in [5.41, 5.74) is -0.458. The molecule has 4 aliphatic carbocycles. The van der Waals surface area contributed by atoms with Crippen LogP contribution in [0.3, 0.4) is 0 Å². The molecule has 0 amide bonds. The van der Waals surface area contributed by atoms with E-state index < -0.39 is 28.3 Å². The average molecular weight is 373 g/mol. The second-order valence-electron chi connectivity index (χ2n) is 9.24. The smallest absolute Gasteiger partial charge is 0.299 e. The van der Waals surface area contributed by atoms with Crippen molar-refractivity contribution in [1.82, 2.24) is 0 Å². The zero-order chi connectivity index (χ0) is 19.8. The molecule has 0 radical (unpaired) electrons. The highest BCUT2D eigenvalue weighted by Gasteiger charge is 2.60. The molecular formula is C19H30O5S. The van der Waals surface area contributed by atoms with Crippen LogP contribution in [0.15, 0.2) is 0 Å². The van der Waals surface area contributed by atoms with Crippen molar-refractivity contribution in [3.63, 3.8) is 0 Å². The summed E-state index contributed by atoms with van der Waals surface area (Å²) in [7, 11) is -4.42. The first-order chi connectivity index (χ1) is 12.4. The molecule has 0 spiro atoms. The van der Waals surface area contributed by atoms with Crippen LogP contribution in [0.4, 0.5) is 0 Å². The van der Waals surface area contributed by atoms with Gasteiger partial charge >= 0.3 is 10.4 Å². The van der Waals surface area contributed by atoms with Crippen LogP contribution in [0.2, 0.25) is 0 Å². The SMILES string of the molecule is [2H]C1([2H])C[C@H]2[C@@H]3CC[C@H]4C[C@@H](OS(=O)(=O)O)CC[C@]4(C)[C@H]3CC[C@]2(C)C1=O. The van der Waals surface area contributed by atoms with E-state index in [0.29, 0.717) is 37.0 Å². The van der Waals surface area contributed by atoms with Gasteiger partial charge in [0, 0.05) is 14.5 Å². The van der Waals surface area contributed by atoms with Crippen LogP contribution in [0.25, 0.3) is 0 Å². The predicted molar refractivity (Wildman–Crippen MR) is 93.2 cm³/mol. The fraction of sp³-hybridized carbons (Fsp3) is 0.947. The molecule has 4 fully saturated rings. The summed E-state index contributed by atoms with van der Waals surface area (Å²) in [4.78, 5) is 12.7. The van der Waals surface area contributed by atoms with E-state index in [2.05, 4.69) is 6.92 Å². The lowest BCUT2D eigenvalue weighted by Crippen LogP contribution is -2.54.